The van der Waals surface area contributed by atoms with E-state index in [9.17, 15) is 9.59 Å². The molecule has 0 fully saturated rings. The summed E-state index contributed by atoms with van der Waals surface area (Å²) in [7, 11) is 0. The summed E-state index contributed by atoms with van der Waals surface area (Å²) in [6, 6.07) is -0.407. The molecule has 3 N–H and O–H groups in total. The number of rotatable bonds is 5. The molecule has 90 valence electrons. The van der Waals surface area contributed by atoms with Crippen molar-refractivity contribution in [3.8, 4) is 12.3 Å². The molecule has 0 bridgehead atoms. The fraction of sp³-hybridized carbons (Fsp3) is 0.300. The van der Waals surface area contributed by atoms with Crippen molar-refractivity contribution in [1.29, 1.82) is 0 Å². The standard InChI is InChI=1S/C10H12N4O3/c1-2-3-4-11-10(17)13-8-5-12-14(6-8)7-9(15)16/h1,5-6H,3-4,7H2,(H,15,16)(H2,11,13,17). The number of carbonyl (C=O) groups is 2. The number of carboxylic acid groups (broad SMARTS) is 1. The summed E-state index contributed by atoms with van der Waals surface area (Å²) in [6.45, 7) is 0.131. The minimum absolute atomic E-state index is 0.250. The van der Waals surface area contributed by atoms with E-state index in [1.165, 1.54) is 17.1 Å². The fourth-order valence-corrected chi connectivity index (χ4v) is 1.08. The van der Waals surface area contributed by atoms with E-state index in [4.69, 9.17) is 11.5 Å². The Bertz CT molecular complexity index is 447. The molecule has 0 aliphatic carbocycles. The molecule has 0 unspecified atom stereocenters. The highest BCUT2D eigenvalue weighted by atomic mass is 16.4. The molecule has 0 aromatic carbocycles. The molecule has 2 amide bonds. The van der Waals surface area contributed by atoms with Gasteiger partial charge in [0.1, 0.15) is 6.54 Å². The zero-order valence-corrected chi connectivity index (χ0v) is 9.01. The lowest BCUT2D eigenvalue weighted by molar-refractivity contribution is -0.137. The third kappa shape index (κ3) is 4.70. The van der Waals surface area contributed by atoms with Gasteiger partial charge in [-0.3, -0.25) is 9.48 Å². The van der Waals surface area contributed by atoms with E-state index in [1.54, 1.807) is 0 Å². The Morgan fingerprint density at radius 1 is 1.59 bits per heavy atom. The van der Waals surface area contributed by atoms with Crippen LogP contribution in [0, 0.1) is 12.3 Å². The zero-order valence-electron chi connectivity index (χ0n) is 9.01. The third-order valence-electron chi connectivity index (χ3n) is 1.74. The Balaban J connectivity index is 2.41. The second kappa shape index (κ2) is 6.17. The van der Waals surface area contributed by atoms with Crippen LogP contribution in [0.15, 0.2) is 12.4 Å². The van der Waals surface area contributed by atoms with E-state index in [1.807, 2.05) is 0 Å². The molecular formula is C10H12N4O3. The van der Waals surface area contributed by atoms with Crippen LogP contribution in [0.25, 0.3) is 0 Å². The number of carboxylic acids is 1. The Morgan fingerprint density at radius 2 is 2.35 bits per heavy atom. The monoisotopic (exact) mass is 236 g/mol. The number of amides is 2. The first-order valence-electron chi connectivity index (χ1n) is 4.84. The van der Waals surface area contributed by atoms with Crippen LogP contribution in [0.3, 0.4) is 0 Å². The van der Waals surface area contributed by atoms with Crippen molar-refractivity contribution in [2.45, 2.75) is 13.0 Å². The van der Waals surface area contributed by atoms with Crippen molar-refractivity contribution in [1.82, 2.24) is 15.1 Å². The molecule has 0 spiro atoms. The van der Waals surface area contributed by atoms with Gasteiger partial charge < -0.3 is 15.7 Å². The quantitative estimate of drug-likeness (QED) is 0.499. The number of nitrogens with zero attached hydrogens (tertiary/aromatic N) is 2. The number of carbonyl (C=O) groups excluding carboxylic acids is 1. The molecule has 7 nitrogen and oxygen atoms in total. The van der Waals surface area contributed by atoms with E-state index < -0.39 is 12.0 Å². The average molecular weight is 236 g/mol. The van der Waals surface area contributed by atoms with Crippen LogP contribution >= 0.6 is 0 Å². The smallest absolute Gasteiger partial charge is 0.325 e. The zero-order chi connectivity index (χ0) is 12.7. The predicted molar refractivity (Wildman–Crippen MR) is 60.3 cm³/mol. The average Bonchev–Trinajstić information content (AvgIpc) is 2.64. The first-order valence-corrected chi connectivity index (χ1v) is 4.84. The summed E-state index contributed by atoms with van der Waals surface area (Å²) in [5.74, 6) is 1.39. The maximum absolute atomic E-state index is 11.3. The van der Waals surface area contributed by atoms with E-state index >= 15 is 0 Å². The predicted octanol–water partition coefficient (Wildman–Crippen LogP) is 0.112. The minimum Gasteiger partial charge on any atom is -0.480 e. The number of hydrogen-bond acceptors (Lipinski definition) is 3. The Labute approximate surface area is 97.8 Å². The van der Waals surface area contributed by atoms with Gasteiger partial charge >= 0.3 is 12.0 Å². The topological polar surface area (TPSA) is 96.3 Å². The Morgan fingerprint density at radius 3 is 3.00 bits per heavy atom. The molecule has 1 aromatic rings. The SMILES string of the molecule is C#CCCNC(=O)Nc1cnn(CC(=O)O)c1. The molecule has 0 saturated heterocycles. The van der Waals surface area contributed by atoms with Crippen molar-refractivity contribution >= 4 is 17.7 Å². The number of terminal acetylenes is 1. The van der Waals surface area contributed by atoms with Gasteiger partial charge in [-0.05, 0) is 0 Å². The Hall–Kier alpha value is -2.49. The second-order valence-corrected chi connectivity index (χ2v) is 3.16. The third-order valence-corrected chi connectivity index (χ3v) is 1.74. The van der Waals surface area contributed by atoms with Crippen LogP contribution in [-0.2, 0) is 11.3 Å². The van der Waals surface area contributed by atoms with Crippen molar-refractivity contribution in [3.05, 3.63) is 12.4 Å². The van der Waals surface area contributed by atoms with E-state index in [2.05, 4.69) is 21.7 Å². The fourth-order valence-electron chi connectivity index (χ4n) is 1.08. The van der Waals surface area contributed by atoms with Crippen molar-refractivity contribution in [3.63, 3.8) is 0 Å². The molecule has 7 heteroatoms. The lowest BCUT2D eigenvalue weighted by atomic mass is 10.4. The maximum Gasteiger partial charge on any atom is 0.325 e. The van der Waals surface area contributed by atoms with Gasteiger partial charge in [0.15, 0.2) is 0 Å². The van der Waals surface area contributed by atoms with E-state index in [-0.39, 0.29) is 6.54 Å². The van der Waals surface area contributed by atoms with Gasteiger partial charge in [0.05, 0.1) is 11.9 Å². The van der Waals surface area contributed by atoms with Crippen LogP contribution in [0.1, 0.15) is 6.42 Å². The summed E-state index contributed by atoms with van der Waals surface area (Å²) >= 11 is 0. The van der Waals surface area contributed by atoms with Gasteiger partial charge in [0, 0.05) is 19.2 Å². The van der Waals surface area contributed by atoms with Gasteiger partial charge in [-0.25, -0.2) is 4.79 Å². The largest absolute Gasteiger partial charge is 0.480 e. The van der Waals surface area contributed by atoms with Gasteiger partial charge in [-0.2, -0.15) is 5.10 Å². The van der Waals surface area contributed by atoms with Crippen LogP contribution in [-0.4, -0.2) is 33.4 Å². The molecule has 0 aliphatic heterocycles. The van der Waals surface area contributed by atoms with E-state index in [0.29, 0.717) is 18.7 Å². The summed E-state index contributed by atoms with van der Waals surface area (Å²) in [4.78, 5) is 21.7. The lowest BCUT2D eigenvalue weighted by Crippen LogP contribution is -2.29. The highest BCUT2D eigenvalue weighted by Gasteiger charge is 2.05. The van der Waals surface area contributed by atoms with E-state index in [0.717, 1.165) is 0 Å². The van der Waals surface area contributed by atoms with Gasteiger partial charge in [0.2, 0.25) is 0 Å². The number of nitrogens with one attached hydrogen (secondary N) is 2. The molecule has 0 radical (unpaired) electrons. The van der Waals surface area contributed by atoms with Crippen LogP contribution in [0.4, 0.5) is 10.5 Å². The molecule has 0 atom stereocenters. The molecule has 1 rings (SSSR count). The van der Waals surface area contributed by atoms with Crippen molar-refractivity contribution < 1.29 is 14.7 Å². The molecular weight excluding hydrogens is 224 g/mol. The number of urea groups is 1. The van der Waals surface area contributed by atoms with Crippen molar-refractivity contribution in [2.75, 3.05) is 11.9 Å². The van der Waals surface area contributed by atoms with Crippen LogP contribution in [0.5, 0.6) is 0 Å². The first-order chi connectivity index (χ1) is 8.11. The molecule has 1 heterocycles. The van der Waals surface area contributed by atoms with Crippen molar-refractivity contribution in [2.24, 2.45) is 0 Å². The highest BCUT2D eigenvalue weighted by Crippen LogP contribution is 2.03. The number of anilines is 1. The number of hydrogen-bond donors (Lipinski definition) is 3. The van der Waals surface area contributed by atoms with Gasteiger partial charge in [-0.15, -0.1) is 12.3 Å². The molecule has 17 heavy (non-hydrogen) atoms. The summed E-state index contributed by atoms with van der Waals surface area (Å²) < 4.78 is 1.21. The van der Waals surface area contributed by atoms with Crippen LogP contribution < -0.4 is 10.6 Å². The summed E-state index contributed by atoms with van der Waals surface area (Å²) in [5.41, 5.74) is 0.421. The minimum atomic E-state index is -1.00. The van der Waals surface area contributed by atoms with Gasteiger partial charge in [0.25, 0.3) is 0 Å². The Kier molecular flexibility index (Phi) is 4.57. The van der Waals surface area contributed by atoms with Gasteiger partial charge in [-0.1, -0.05) is 0 Å². The molecule has 0 saturated carbocycles. The lowest BCUT2D eigenvalue weighted by Gasteiger charge is -2.03. The normalized spacial score (nSPS) is 9.35. The molecule has 1 aromatic heterocycles. The number of aliphatic carboxylic acids is 1. The molecule has 0 aliphatic rings. The summed E-state index contributed by atoms with van der Waals surface area (Å²) in [6.07, 6.45) is 8.27. The summed E-state index contributed by atoms with van der Waals surface area (Å²) in [5, 5.41) is 17.3. The second-order valence-electron chi connectivity index (χ2n) is 3.16. The maximum atomic E-state index is 11.3. The highest BCUT2D eigenvalue weighted by molar-refractivity contribution is 5.88. The number of aromatic nitrogens is 2. The van der Waals surface area contributed by atoms with Crippen LogP contribution in [0.2, 0.25) is 0 Å². The first kappa shape index (κ1) is 12.6.